The van der Waals surface area contributed by atoms with Gasteiger partial charge in [-0.05, 0) is 36.8 Å². The van der Waals surface area contributed by atoms with Gasteiger partial charge in [0.05, 0.1) is 5.69 Å². The lowest BCUT2D eigenvalue weighted by atomic mass is 10.0. The molecule has 6 nitrogen and oxygen atoms in total. The lowest BCUT2D eigenvalue weighted by molar-refractivity contribution is 0.0949. The van der Waals surface area contributed by atoms with Crippen molar-refractivity contribution in [2.75, 3.05) is 6.54 Å². The van der Waals surface area contributed by atoms with Crippen molar-refractivity contribution in [3.63, 3.8) is 0 Å². The third-order valence-corrected chi connectivity index (χ3v) is 4.47. The van der Waals surface area contributed by atoms with Crippen LogP contribution in [0.1, 0.15) is 21.7 Å². The summed E-state index contributed by atoms with van der Waals surface area (Å²) in [4.78, 5) is 26.8. The standard InChI is InChI=1S/C20H17N3O3/c1-12-15-7-6-14(24)11-19(15)26-23-16(12)8-9-21-20(25)18-10-13-4-2-3-5-17(13)22-18/h2-7,10-11,22H,8-9H2,1H3,(H,21,25). The number of rotatable bonds is 4. The molecule has 0 unspecified atom stereocenters. The molecule has 0 fully saturated rings. The van der Waals surface area contributed by atoms with Crippen LogP contribution in [0.15, 0.2) is 57.8 Å². The minimum atomic E-state index is -0.160. The highest BCUT2D eigenvalue weighted by Crippen LogP contribution is 2.24. The van der Waals surface area contributed by atoms with Crippen molar-refractivity contribution in [2.45, 2.75) is 13.3 Å². The van der Waals surface area contributed by atoms with Crippen LogP contribution < -0.4 is 10.7 Å². The Bertz CT molecular complexity index is 1090. The molecule has 1 aromatic carbocycles. The summed E-state index contributed by atoms with van der Waals surface area (Å²) >= 11 is 0. The summed E-state index contributed by atoms with van der Waals surface area (Å²) in [6.07, 6.45) is 0.538. The molecule has 2 aliphatic rings. The van der Waals surface area contributed by atoms with Crippen molar-refractivity contribution in [3.8, 4) is 11.3 Å². The molecule has 2 N–H and O–H groups in total. The molecule has 1 aliphatic heterocycles. The molecule has 0 atom stereocenters. The zero-order chi connectivity index (χ0) is 18.1. The van der Waals surface area contributed by atoms with Crippen molar-refractivity contribution >= 4 is 16.8 Å². The highest BCUT2D eigenvalue weighted by Gasteiger charge is 2.14. The highest BCUT2D eigenvalue weighted by atomic mass is 16.5. The van der Waals surface area contributed by atoms with E-state index in [4.69, 9.17) is 4.52 Å². The zero-order valence-electron chi connectivity index (χ0n) is 14.2. The molecule has 0 saturated carbocycles. The molecule has 0 saturated heterocycles. The monoisotopic (exact) mass is 347 g/mol. The molecule has 0 radical (unpaired) electrons. The Balaban J connectivity index is 1.46. The first kappa shape index (κ1) is 16.1. The van der Waals surface area contributed by atoms with E-state index in [2.05, 4.69) is 15.5 Å². The van der Waals surface area contributed by atoms with Crippen LogP contribution in [0, 0.1) is 6.92 Å². The topological polar surface area (TPSA) is 88.0 Å². The summed E-state index contributed by atoms with van der Waals surface area (Å²) in [5.41, 5.74) is 3.92. The third kappa shape index (κ3) is 2.97. The lowest BCUT2D eigenvalue weighted by Crippen LogP contribution is -2.26. The summed E-state index contributed by atoms with van der Waals surface area (Å²) in [7, 11) is 0. The highest BCUT2D eigenvalue weighted by molar-refractivity contribution is 5.97. The number of H-pyrrole nitrogens is 1. The maximum Gasteiger partial charge on any atom is 0.267 e. The zero-order valence-corrected chi connectivity index (χ0v) is 14.2. The number of aromatic nitrogens is 2. The predicted molar refractivity (Wildman–Crippen MR) is 98.5 cm³/mol. The average Bonchev–Trinajstić information content (AvgIpc) is 3.08. The molecular formula is C20H17N3O3. The maximum absolute atomic E-state index is 12.3. The van der Waals surface area contributed by atoms with Crippen LogP contribution >= 0.6 is 0 Å². The van der Waals surface area contributed by atoms with E-state index in [-0.39, 0.29) is 11.3 Å². The molecule has 0 bridgehead atoms. The predicted octanol–water partition coefficient (Wildman–Crippen LogP) is 2.90. The van der Waals surface area contributed by atoms with Crippen LogP contribution in [0.2, 0.25) is 0 Å². The normalized spacial score (nSPS) is 11.1. The van der Waals surface area contributed by atoms with E-state index in [0.29, 0.717) is 24.4 Å². The first-order valence-electron chi connectivity index (χ1n) is 8.37. The smallest absolute Gasteiger partial charge is 0.267 e. The SMILES string of the molecule is Cc1c2ccc(=O)cc-2onc1CCNC(=O)c1cc2ccccc2[nH]1. The maximum atomic E-state index is 12.3. The number of nitrogens with one attached hydrogen (secondary N) is 2. The Morgan fingerprint density at radius 1 is 1.19 bits per heavy atom. The molecule has 26 heavy (non-hydrogen) atoms. The Labute approximate surface area is 149 Å². The minimum Gasteiger partial charge on any atom is -0.356 e. The minimum absolute atomic E-state index is 0.110. The molecule has 2 aromatic rings. The molecule has 4 rings (SSSR count). The number of fused-ring (bicyclic) bond motifs is 2. The van der Waals surface area contributed by atoms with E-state index in [1.165, 1.54) is 12.1 Å². The Morgan fingerprint density at radius 2 is 2.04 bits per heavy atom. The number of hydrogen-bond acceptors (Lipinski definition) is 4. The molecule has 6 heteroatoms. The van der Waals surface area contributed by atoms with E-state index >= 15 is 0 Å². The van der Waals surface area contributed by atoms with Crippen LogP contribution in [0.25, 0.3) is 22.2 Å². The number of carbonyl (C=O) groups is 1. The fourth-order valence-corrected chi connectivity index (χ4v) is 3.03. The van der Waals surface area contributed by atoms with Gasteiger partial charge in [0.15, 0.2) is 11.2 Å². The van der Waals surface area contributed by atoms with Gasteiger partial charge >= 0.3 is 0 Å². The number of aromatic amines is 1. The fourth-order valence-electron chi connectivity index (χ4n) is 3.03. The van der Waals surface area contributed by atoms with Gasteiger partial charge in [0.2, 0.25) is 0 Å². The number of carbonyl (C=O) groups excluding carboxylic acids is 1. The van der Waals surface area contributed by atoms with Gasteiger partial charge < -0.3 is 14.8 Å². The van der Waals surface area contributed by atoms with Crippen molar-refractivity contribution in [3.05, 3.63) is 75.7 Å². The van der Waals surface area contributed by atoms with Crippen LogP contribution in [-0.4, -0.2) is 22.6 Å². The summed E-state index contributed by atoms with van der Waals surface area (Å²) in [6, 6.07) is 14.3. The van der Waals surface area contributed by atoms with Gasteiger partial charge in [-0.1, -0.05) is 23.4 Å². The van der Waals surface area contributed by atoms with E-state index in [0.717, 1.165) is 27.7 Å². The molecular weight excluding hydrogens is 330 g/mol. The van der Waals surface area contributed by atoms with Crippen molar-refractivity contribution in [2.24, 2.45) is 0 Å². The average molecular weight is 347 g/mol. The van der Waals surface area contributed by atoms with Crippen molar-refractivity contribution in [1.29, 1.82) is 0 Å². The first-order chi connectivity index (χ1) is 12.6. The lowest BCUT2D eigenvalue weighted by Gasteiger charge is -2.10. The largest absolute Gasteiger partial charge is 0.356 e. The van der Waals surface area contributed by atoms with E-state index < -0.39 is 0 Å². The second-order valence-corrected chi connectivity index (χ2v) is 6.19. The summed E-state index contributed by atoms with van der Waals surface area (Å²) in [5, 5.41) is 7.97. The van der Waals surface area contributed by atoms with Gasteiger partial charge in [0, 0.05) is 35.5 Å². The van der Waals surface area contributed by atoms with Crippen LogP contribution in [0.4, 0.5) is 0 Å². The molecule has 130 valence electrons. The van der Waals surface area contributed by atoms with Crippen LogP contribution in [-0.2, 0) is 6.42 Å². The van der Waals surface area contributed by atoms with E-state index in [1.54, 1.807) is 6.07 Å². The summed E-state index contributed by atoms with van der Waals surface area (Å²) < 4.78 is 5.32. The Hall–Kier alpha value is -3.41. The summed E-state index contributed by atoms with van der Waals surface area (Å²) in [5.74, 6) is 0.313. The van der Waals surface area contributed by atoms with Gasteiger partial charge in [-0.3, -0.25) is 9.59 Å². The first-order valence-corrected chi connectivity index (χ1v) is 8.37. The Morgan fingerprint density at radius 3 is 2.88 bits per heavy atom. The van der Waals surface area contributed by atoms with Crippen LogP contribution in [0.5, 0.6) is 0 Å². The van der Waals surface area contributed by atoms with Gasteiger partial charge in [0.1, 0.15) is 5.69 Å². The van der Waals surface area contributed by atoms with Gasteiger partial charge in [-0.2, -0.15) is 0 Å². The molecule has 1 aliphatic carbocycles. The van der Waals surface area contributed by atoms with E-state index in [1.807, 2.05) is 37.3 Å². The van der Waals surface area contributed by atoms with Gasteiger partial charge in [-0.25, -0.2) is 0 Å². The van der Waals surface area contributed by atoms with Crippen molar-refractivity contribution < 1.29 is 9.32 Å². The third-order valence-electron chi connectivity index (χ3n) is 4.47. The molecule has 1 amide bonds. The van der Waals surface area contributed by atoms with Crippen LogP contribution in [0.3, 0.4) is 0 Å². The molecule has 1 aromatic heterocycles. The molecule has 2 heterocycles. The second-order valence-electron chi connectivity index (χ2n) is 6.19. The molecule has 0 spiro atoms. The van der Waals surface area contributed by atoms with Gasteiger partial charge in [0.25, 0.3) is 5.91 Å². The number of hydrogen-bond donors (Lipinski definition) is 2. The fraction of sp³-hybridized carbons (Fsp3) is 0.150. The Kier molecular flexibility index (Phi) is 4.01. The van der Waals surface area contributed by atoms with Crippen molar-refractivity contribution in [1.82, 2.24) is 15.5 Å². The number of nitrogens with zero attached hydrogens (tertiary/aromatic N) is 1. The number of benzene rings is 2. The number of amides is 1. The number of para-hydroxylation sites is 1. The quantitative estimate of drug-likeness (QED) is 0.594. The second kappa shape index (κ2) is 6.48. The van der Waals surface area contributed by atoms with Gasteiger partial charge in [-0.15, -0.1) is 0 Å². The summed E-state index contributed by atoms with van der Waals surface area (Å²) in [6.45, 7) is 2.37. The van der Waals surface area contributed by atoms with E-state index in [9.17, 15) is 9.59 Å².